The molecule has 0 N–H and O–H groups in total. The molecule has 11 aromatic rings. The van der Waals surface area contributed by atoms with Crippen LogP contribution in [0.1, 0.15) is 22.3 Å². The van der Waals surface area contributed by atoms with E-state index in [0.717, 1.165) is 33.6 Å². The van der Waals surface area contributed by atoms with Gasteiger partial charge in [-0.05, 0) is 97.2 Å². The zero-order chi connectivity index (χ0) is 40.3. The molecule has 3 heteroatoms. The fourth-order valence-electron chi connectivity index (χ4n) is 9.87. The molecular formula is C58H38N2S. The predicted molar refractivity (Wildman–Crippen MR) is 257 cm³/mol. The Bertz CT molecular complexity index is 3350. The quantitative estimate of drug-likeness (QED) is 0.160. The van der Waals surface area contributed by atoms with E-state index in [0.29, 0.717) is 0 Å². The van der Waals surface area contributed by atoms with Crippen LogP contribution in [0.4, 0.5) is 17.1 Å². The molecule has 0 aliphatic heterocycles. The molecule has 2 heterocycles. The minimum absolute atomic E-state index is 0.566. The molecule has 1 aliphatic rings. The number of hydrogen-bond acceptors (Lipinski definition) is 3. The second kappa shape index (κ2) is 14.3. The van der Waals surface area contributed by atoms with Gasteiger partial charge in [-0.2, -0.15) is 0 Å². The normalized spacial score (nSPS) is 12.7. The maximum absolute atomic E-state index is 5.05. The van der Waals surface area contributed by atoms with Crippen molar-refractivity contribution in [2.24, 2.45) is 0 Å². The van der Waals surface area contributed by atoms with E-state index in [4.69, 9.17) is 4.98 Å². The van der Waals surface area contributed by atoms with E-state index in [9.17, 15) is 0 Å². The standard InChI is InChI=1S/C58H38N2S/c1-5-17-39(18-6-1)40-29-31-46(32-30-40)60(55-38-59-37-51-50-33-42-21-13-14-22-43(42)34-56(50)61-57(51)55)54-36-53-49(35-48(54)41-19-7-2-8-20-41)47-27-15-16-28-52(47)58(53,44-23-9-3-10-24-44)45-25-11-4-12-26-45/h1-38H. The van der Waals surface area contributed by atoms with Crippen LogP contribution in [0, 0.1) is 0 Å². The molecule has 0 radical (unpaired) electrons. The molecule has 0 spiro atoms. The maximum atomic E-state index is 5.05. The lowest BCUT2D eigenvalue weighted by Crippen LogP contribution is -2.28. The average Bonchev–Trinajstić information content (AvgIpc) is 3.85. The number of rotatable bonds is 7. The Morgan fingerprint density at radius 3 is 1.66 bits per heavy atom. The topological polar surface area (TPSA) is 16.1 Å². The van der Waals surface area contributed by atoms with Crippen molar-refractivity contribution in [1.29, 1.82) is 0 Å². The Morgan fingerprint density at radius 2 is 0.967 bits per heavy atom. The van der Waals surface area contributed by atoms with E-state index in [1.165, 1.54) is 70.1 Å². The van der Waals surface area contributed by atoms with Gasteiger partial charge in [0.05, 0.1) is 27.7 Å². The van der Waals surface area contributed by atoms with E-state index in [2.05, 4.69) is 236 Å². The first-order valence-electron chi connectivity index (χ1n) is 20.9. The van der Waals surface area contributed by atoms with Gasteiger partial charge in [-0.1, -0.05) is 182 Å². The van der Waals surface area contributed by atoms with Crippen LogP contribution in [0.5, 0.6) is 0 Å². The predicted octanol–water partition coefficient (Wildman–Crippen LogP) is 15.8. The summed E-state index contributed by atoms with van der Waals surface area (Å²) in [5.74, 6) is 0. The summed E-state index contributed by atoms with van der Waals surface area (Å²) < 4.78 is 2.45. The molecule has 0 unspecified atom stereocenters. The third kappa shape index (κ3) is 5.59. The van der Waals surface area contributed by atoms with Gasteiger partial charge in [0.25, 0.3) is 0 Å². The number of anilines is 3. The average molecular weight is 795 g/mol. The molecule has 0 atom stereocenters. The molecular weight excluding hydrogens is 757 g/mol. The van der Waals surface area contributed by atoms with Crippen molar-refractivity contribution in [3.8, 4) is 33.4 Å². The first-order valence-corrected chi connectivity index (χ1v) is 21.7. The highest BCUT2D eigenvalue weighted by Gasteiger charge is 2.47. The van der Waals surface area contributed by atoms with Crippen molar-refractivity contribution >= 4 is 59.3 Å². The van der Waals surface area contributed by atoms with Gasteiger partial charge in [-0.25, -0.2) is 0 Å². The van der Waals surface area contributed by atoms with Gasteiger partial charge in [0.15, 0.2) is 0 Å². The second-order valence-corrected chi connectivity index (χ2v) is 16.9. The highest BCUT2D eigenvalue weighted by molar-refractivity contribution is 7.26. The largest absolute Gasteiger partial charge is 0.307 e. The Balaban J connectivity index is 1.20. The van der Waals surface area contributed by atoms with E-state index < -0.39 is 5.41 Å². The Kier molecular flexibility index (Phi) is 8.29. The molecule has 61 heavy (non-hydrogen) atoms. The highest BCUT2D eigenvalue weighted by Crippen LogP contribution is 2.59. The minimum Gasteiger partial charge on any atom is -0.307 e. The highest BCUT2D eigenvalue weighted by atomic mass is 32.1. The summed E-state index contributed by atoms with van der Waals surface area (Å²) in [6.07, 6.45) is 4.12. The Labute approximate surface area is 359 Å². The lowest BCUT2D eigenvalue weighted by Gasteiger charge is -2.35. The van der Waals surface area contributed by atoms with Gasteiger partial charge in [-0.15, -0.1) is 11.3 Å². The van der Waals surface area contributed by atoms with Crippen LogP contribution < -0.4 is 4.90 Å². The number of pyridine rings is 1. The minimum atomic E-state index is -0.566. The van der Waals surface area contributed by atoms with Gasteiger partial charge in [0.1, 0.15) is 0 Å². The molecule has 1 aliphatic carbocycles. The smallest absolute Gasteiger partial charge is 0.0825 e. The summed E-state index contributed by atoms with van der Waals surface area (Å²) in [6.45, 7) is 0. The van der Waals surface area contributed by atoms with Crippen LogP contribution >= 0.6 is 11.3 Å². The van der Waals surface area contributed by atoms with Crippen molar-refractivity contribution in [2.45, 2.75) is 5.41 Å². The lowest BCUT2D eigenvalue weighted by atomic mass is 9.67. The van der Waals surface area contributed by atoms with Crippen molar-refractivity contribution < 1.29 is 0 Å². The molecule has 0 amide bonds. The van der Waals surface area contributed by atoms with Crippen molar-refractivity contribution in [1.82, 2.24) is 4.98 Å². The summed E-state index contributed by atoms with van der Waals surface area (Å²) in [4.78, 5) is 7.53. The summed E-state index contributed by atoms with van der Waals surface area (Å²) >= 11 is 1.85. The van der Waals surface area contributed by atoms with Crippen LogP contribution in [0.2, 0.25) is 0 Å². The molecule has 0 saturated carbocycles. The SMILES string of the molecule is c1ccc(-c2ccc(N(c3cc4c(cc3-c3ccccc3)-c3ccccc3C4(c3ccccc3)c3ccccc3)c3cncc4c3sc3cc5ccccc5cc34)cc2)cc1. The van der Waals surface area contributed by atoms with Crippen LogP contribution in [0.3, 0.4) is 0 Å². The Hall–Kier alpha value is -7.59. The van der Waals surface area contributed by atoms with Crippen LogP contribution in [-0.4, -0.2) is 4.98 Å². The molecule has 2 aromatic heterocycles. The molecule has 9 aromatic carbocycles. The molecule has 2 nitrogen and oxygen atoms in total. The number of aromatic nitrogens is 1. The summed E-state index contributed by atoms with van der Waals surface area (Å²) in [7, 11) is 0. The first kappa shape index (κ1) is 35.4. The maximum Gasteiger partial charge on any atom is 0.0825 e. The zero-order valence-corrected chi connectivity index (χ0v) is 34.1. The first-order chi connectivity index (χ1) is 30.3. The van der Waals surface area contributed by atoms with E-state index >= 15 is 0 Å². The van der Waals surface area contributed by atoms with Crippen LogP contribution in [-0.2, 0) is 5.41 Å². The third-order valence-corrected chi connectivity index (χ3v) is 13.8. The van der Waals surface area contributed by atoms with E-state index in [-0.39, 0.29) is 0 Å². The van der Waals surface area contributed by atoms with Crippen molar-refractivity contribution in [3.63, 3.8) is 0 Å². The fourth-order valence-corrected chi connectivity index (χ4v) is 11.1. The summed E-state index contributed by atoms with van der Waals surface area (Å²) in [5, 5.41) is 4.86. The van der Waals surface area contributed by atoms with Gasteiger partial charge in [0, 0.05) is 32.9 Å². The number of nitrogens with zero attached hydrogens (tertiary/aromatic N) is 2. The lowest BCUT2D eigenvalue weighted by molar-refractivity contribution is 0.768. The second-order valence-electron chi connectivity index (χ2n) is 15.9. The number of fused-ring (bicyclic) bond motifs is 7. The summed E-state index contributed by atoms with van der Waals surface area (Å²) in [5.41, 5.74) is 14.9. The molecule has 0 bridgehead atoms. The van der Waals surface area contributed by atoms with Crippen molar-refractivity contribution in [3.05, 3.63) is 253 Å². The monoisotopic (exact) mass is 794 g/mol. The zero-order valence-electron chi connectivity index (χ0n) is 33.2. The number of benzene rings is 9. The fraction of sp³-hybridized carbons (Fsp3) is 0.0172. The van der Waals surface area contributed by atoms with Crippen molar-refractivity contribution in [2.75, 3.05) is 4.90 Å². The van der Waals surface area contributed by atoms with Gasteiger partial charge >= 0.3 is 0 Å². The number of hydrogen-bond donors (Lipinski definition) is 0. The molecule has 12 rings (SSSR count). The van der Waals surface area contributed by atoms with E-state index in [1.54, 1.807) is 0 Å². The van der Waals surface area contributed by atoms with Gasteiger partial charge in [-0.3, -0.25) is 4.98 Å². The Morgan fingerprint density at radius 1 is 0.393 bits per heavy atom. The third-order valence-electron chi connectivity index (χ3n) is 12.6. The molecule has 0 fully saturated rings. The molecule has 286 valence electrons. The van der Waals surface area contributed by atoms with Gasteiger partial charge in [0.2, 0.25) is 0 Å². The number of thiophene rings is 1. The van der Waals surface area contributed by atoms with Gasteiger partial charge < -0.3 is 4.90 Å². The van der Waals surface area contributed by atoms with E-state index in [1.807, 2.05) is 11.3 Å². The van der Waals surface area contributed by atoms with Crippen LogP contribution in [0.25, 0.3) is 64.3 Å². The van der Waals surface area contributed by atoms with Crippen LogP contribution in [0.15, 0.2) is 231 Å². The molecule has 0 saturated heterocycles. The summed E-state index contributed by atoms with van der Waals surface area (Å²) in [6, 6.07) is 80.1.